The molecule has 1 amide bonds. The number of carbonyl (C=O) groups excluding carboxylic acids is 1. The first-order valence-corrected chi connectivity index (χ1v) is 12.9. The van der Waals surface area contributed by atoms with Crippen molar-refractivity contribution in [1.29, 1.82) is 0 Å². The van der Waals surface area contributed by atoms with Crippen LogP contribution in [0.25, 0.3) is 0 Å². The number of amides is 1. The summed E-state index contributed by atoms with van der Waals surface area (Å²) in [5.74, 6) is 1.03. The van der Waals surface area contributed by atoms with E-state index < -0.39 is 6.10 Å². The van der Waals surface area contributed by atoms with E-state index in [1.165, 1.54) is 35.1 Å². The van der Waals surface area contributed by atoms with Gasteiger partial charge in [-0.05, 0) is 66.0 Å². The number of methoxy groups -OCH3 is 1. The quantitative estimate of drug-likeness (QED) is 0.402. The van der Waals surface area contributed by atoms with Crippen molar-refractivity contribution in [3.05, 3.63) is 101 Å². The van der Waals surface area contributed by atoms with Crippen LogP contribution in [0.2, 0.25) is 0 Å². The van der Waals surface area contributed by atoms with Gasteiger partial charge in [0.15, 0.2) is 6.10 Å². The number of nitrogens with zero attached hydrogens (tertiary/aromatic N) is 1. The summed E-state index contributed by atoms with van der Waals surface area (Å²) in [6.07, 6.45) is 6.85. The highest BCUT2D eigenvalue weighted by atomic mass is 16.5. The van der Waals surface area contributed by atoms with Gasteiger partial charge < -0.3 is 14.4 Å². The lowest BCUT2D eigenvalue weighted by Crippen LogP contribution is -2.40. The molecule has 4 nitrogen and oxygen atoms in total. The van der Waals surface area contributed by atoms with Crippen molar-refractivity contribution in [3.63, 3.8) is 0 Å². The van der Waals surface area contributed by atoms with Gasteiger partial charge in [0.1, 0.15) is 5.75 Å². The molecular weight excluding hydrogens is 434 g/mol. The predicted octanol–water partition coefficient (Wildman–Crippen LogP) is 6.07. The summed E-state index contributed by atoms with van der Waals surface area (Å²) in [6.45, 7) is 1.32. The van der Waals surface area contributed by atoms with Crippen LogP contribution in [0.1, 0.15) is 59.6 Å². The molecule has 35 heavy (non-hydrogen) atoms. The molecule has 5 rings (SSSR count). The van der Waals surface area contributed by atoms with Gasteiger partial charge in [-0.1, -0.05) is 79.6 Å². The molecule has 4 heteroatoms. The van der Waals surface area contributed by atoms with Gasteiger partial charge in [-0.3, -0.25) is 4.79 Å². The van der Waals surface area contributed by atoms with E-state index in [-0.39, 0.29) is 12.0 Å². The van der Waals surface area contributed by atoms with Gasteiger partial charge in [0, 0.05) is 13.1 Å². The van der Waals surface area contributed by atoms with Crippen LogP contribution in [0.3, 0.4) is 0 Å². The standard InChI is InChI=1S/C31H35NO3/c1-34-29-19-17-25-22-32(21-20-27(25)28(29)18-16-23-10-4-2-5-11-23)31(33)30(24-12-6-3-7-13-24)35-26-14-8-9-15-26/h2-7,10-13,17,19,26,30H,8-9,14-16,18,20-22H2,1H3. The van der Waals surface area contributed by atoms with Crippen LogP contribution < -0.4 is 4.74 Å². The highest BCUT2D eigenvalue weighted by Crippen LogP contribution is 2.34. The molecule has 1 aliphatic carbocycles. The van der Waals surface area contributed by atoms with Crippen LogP contribution in [-0.2, 0) is 35.3 Å². The van der Waals surface area contributed by atoms with Crippen molar-refractivity contribution in [2.24, 2.45) is 0 Å². The molecular formula is C31H35NO3. The molecule has 1 fully saturated rings. The lowest BCUT2D eigenvalue weighted by molar-refractivity contribution is -0.149. The van der Waals surface area contributed by atoms with E-state index >= 15 is 0 Å². The third kappa shape index (κ3) is 5.43. The Hall–Kier alpha value is -3.11. The number of hydrogen-bond donors (Lipinski definition) is 0. The summed E-state index contributed by atoms with van der Waals surface area (Å²) in [5.41, 5.74) is 6.13. The average Bonchev–Trinajstić information content (AvgIpc) is 3.44. The molecule has 3 aromatic carbocycles. The number of carbonyl (C=O) groups is 1. The molecule has 1 heterocycles. The Labute approximate surface area is 208 Å². The monoisotopic (exact) mass is 469 g/mol. The molecule has 2 aliphatic rings. The topological polar surface area (TPSA) is 38.8 Å². The lowest BCUT2D eigenvalue weighted by Gasteiger charge is -2.34. The average molecular weight is 470 g/mol. The van der Waals surface area contributed by atoms with Gasteiger partial charge in [0.25, 0.3) is 5.91 Å². The van der Waals surface area contributed by atoms with Gasteiger partial charge in [-0.2, -0.15) is 0 Å². The second kappa shape index (κ2) is 11.1. The van der Waals surface area contributed by atoms with E-state index in [1.807, 2.05) is 35.2 Å². The first-order chi connectivity index (χ1) is 17.2. The van der Waals surface area contributed by atoms with Crippen molar-refractivity contribution < 1.29 is 14.3 Å². The van der Waals surface area contributed by atoms with Crippen LogP contribution in [-0.4, -0.2) is 30.6 Å². The first-order valence-electron chi connectivity index (χ1n) is 12.9. The van der Waals surface area contributed by atoms with Crippen LogP contribution in [0, 0.1) is 0 Å². The van der Waals surface area contributed by atoms with Gasteiger partial charge in [0.05, 0.1) is 13.2 Å². The summed E-state index contributed by atoms with van der Waals surface area (Å²) in [4.78, 5) is 15.8. The fraction of sp³-hybridized carbons (Fsp3) is 0.387. The zero-order chi connectivity index (χ0) is 24.0. The molecule has 0 N–H and O–H groups in total. The Kier molecular flexibility index (Phi) is 7.48. The maximum absolute atomic E-state index is 13.8. The van der Waals surface area contributed by atoms with E-state index in [0.717, 1.165) is 43.4 Å². The summed E-state index contributed by atoms with van der Waals surface area (Å²) in [7, 11) is 1.75. The van der Waals surface area contributed by atoms with Gasteiger partial charge in [-0.25, -0.2) is 0 Å². The molecule has 0 spiro atoms. The molecule has 0 bridgehead atoms. The fourth-order valence-electron chi connectivity index (χ4n) is 5.57. The zero-order valence-electron chi connectivity index (χ0n) is 20.6. The first kappa shape index (κ1) is 23.6. The van der Waals surface area contributed by atoms with Gasteiger partial charge >= 0.3 is 0 Å². The highest BCUT2D eigenvalue weighted by Gasteiger charge is 2.33. The van der Waals surface area contributed by atoms with E-state index in [4.69, 9.17) is 9.47 Å². The number of aryl methyl sites for hydroxylation is 1. The molecule has 182 valence electrons. The summed E-state index contributed by atoms with van der Waals surface area (Å²) in [5, 5.41) is 0. The predicted molar refractivity (Wildman–Crippen MR) is 138 cm³/mol. The summed E-state index contributed by atoms with van der Waals surface area (Å²) in [6, 6.07) is 24.8. The third-order valence-corrected chi connectivity index (χ3v) is 7.47. The highest BCUT2D eigenvalue weighted by molar-refractivity contribution is 5.82. The SMILES string of the molecule is COc1ccc2c(c1CCc1ccccc1)CCN(C(=O)C(OC1CCCC1)c1ccccc1)C2. The van der Waals surface area contributed by atoms with Crippen LogP contribution >= 0.6 is 0 Å². The number of benzene rings is 3. The van der Waals surface area contributed by atoms with E-state index in [2.05, 4.69) is 42.5 Å². The molecule has 0 radical (unpaired) electrons. The number of fused-ring (bicyclic) bond motifs is 1. The zero-order valence-corrected chi connectivity index (χ0v) is 20.6. The minimum absolute atomic E-state index is 0.0791. The van der Waals surface area contributed by atoms with Crippen molar-refractivity contribution >= 4 is 5.91 Å². The Morgan fingerprint density at radius 2 is 1.66 bits per heavy atom. The maximum Gasteiger partial charge on any atom is 0.256 e. The smallest absolute Gasteiger partial charge is 0.256 e. The van der Waals surface area contributed by atoms with Gasteiger partial charge in [0.2, 0.25) is 0 Å². The Balaban J connectivity index is 1.36. The molecule has 1 aliphatic heterocycles. The second-order valence-corrected chi connectivity index (χ2v) is 9.71. The van der Waals surface area contributed by atoms with Crippen molar-refractivity contribution in [3.8, 4) is 5.75 Å². The Bertz CT molecular complexity index is 1120. The van der Waals surface area contributed by atoms with Crippen LogP contribution in [0.5, 0.6) is 5.75 Å². The molecule has 1 saturated carbocycles. The Morgan fingerprint density at radius 1 is 0.943 bits per heavy atom. The number of rotatable bonds is 8. The van der Waals surface area contributed by atoms with Gasteiger partial charge in [-0.15, -0.1) is 0 Å². The van der Waals surface area contributed by atoms with Crippen molar-refractivity contribution in [2.75, 3.05) is 13.7 Å². The maximum atomic E-state index is 13.8. The minimum Gasteiger partial charge on any atom is -0.496 e. The second-order valence-electron chi connectivity index (χ2n) is 9.71. The van der Waals surface area contributed by atoms with E-state index in [1.54, 1.807) is 7.11 Å². The lowest BCUT2D eigenvalue weighted by atomic mass is 9.90. The van der Waals surface area contributed by atoms with Crippen LogP contribution in [0.4, 0.5) is 0 Å². The Morgan fingerprint density at radius 3 is 2.37 bits per heavy atom. The molecule has 0 aromatic heterocycles. The number of ether oxygens (including phenoxy) is 2. The minimum atomic E-state index is -0.531. The molecule has 1 atom stereocenters. The van der Waals surface area contributed by atoms with E-state index in [0.29, 0.717) is 13.1 Å². The summed E-state index contributed by atoms with van der Waals surface area (Å²) < 4.78 is 12.2. The van der Waals surface area contributed by atoms with E-state index in [9.17, 15) is 4.79 Å². The molecule has 3 aromatic rings. The van der Waals surface area contributed by atoms with Crippen LogP contribution in [0.15, 0.2) is 72.8 Å². The van der Waals surface area contributed by atoms with Crippen molar-refractivity contribution in [2.45, 2.75) is 63.7 Å². The fourth-order valence-corrected chi connectivity index (χ4v) is 5.57. The molecule has 0 saturated heterocycles. The number of hydrogen-bond acceptors (Lipinski definition) is 3. The third-order valence-electron chi connectivity index (χ3n) is 7.47. The van der Waals surface area contributed by atoms with Crippen molar-refractivity contribution in [1.82, 2.24) is 4.90 Å². The normalized spacial score (nSPS) is 16.7. The molecule has 1 unspecified atom stereocenters. The largest absolute Gasteiger partial charge is 0.496 e. The summed E-state index contributed by atoms with van der Waals surface area (Å²) >= 11 is 0.